The summed E-state index contributed by atoms with van der Waals surface area (Å²) in [5.74, 6) is -5.69. The van der Waals surface area contributed by atoms with Gasteiger partial charge in [0.2, 0.25) is 23.6 Å². The maximum atomic E-state index is 13.3. The van der Waals surface area contributed by atoms with E-state index in [-0.39, 0.29) is 6.07 Å². The molecule has 1 aromatic carbocycles. The first kappa shape index (κ1) is 10.7. The third kappa shape index (κ3) is 1.56. The molecular weight excluding hydrogens is 224 g/mol. The van der Waals surface area contributed by atoms with Crippen LogP contribution in [0.25, 0.3) is 5.69 Å². The Morgan fingerprint density at radius 3 is 2.06 bits per heavy atom. The normalized spacial score (nSPS) is 10.8. The van der Waals surface area contributed by atoms with Crippen molar-refractivity contribution in [2.45, 2.75) is 0 Å². The highest BCUT2D eigenvalue weighted by atomic mass is 19.2. The minimum atomic E-state index is -1.43. The summed E-state index contributed by atoms with van der Waals surface area (Å²) in [6.07, 6.45) is 4.07. The van der Waals surface area contributed by atoms with E-state index in [0.717, 1.165) is 4.57 Å². The lowest BCUT2D eigenvalue weighted by molar-refractivity contribution is -0.670. The topological polar surface area (TPSA) is 8.81 Å². The minimum absolute atomic E-state index is 0.178. The zero-order chi connectivity index (χ0) is 11.9. The van der Waals surface area contributed by atoms with Gasteiger partial charge in [-0.05, 0) is 0 Å². The number of hydrogen-bond acceptors (Lipinski definition) is 0. The van der Waals surface area contributed by atoms with Crippen molar-refractivity contribution in [2.24, 2.45) is 7.05 Å². The van der Waals surface area contributed by atoms with Gasteiger partial charge in [-0.2, -0.15) is 13.3 Å². The lowest BCUT2D eigenvalue weighted by atomic mass is 10.2. The Labute approximate surface area is 88.4 Å². The van der Waals surface area contributed by atoms with Crippen molar-refractivity contribution in [1.82, 2.24) is 4.57 Å². The van der Waals surface area contributed by atoms with Crippen LogP contribution in [-0.4, -0.2) is 4.57 Å². The highest BCUT2D eigenvalue weighted by Gasteiger charge is 2.24. The van der Waals surface area contributed by atoms with Gasteiger partial charge in [-0.15, -0.1) is 0 Å². The van der Waals surface area contributed by atoms with Gasteiger partial charge in [0.25, 0.3) is 0 Å². The average molecular weight is 231 g/mol. The zero-order valence-electron chi connectivity index (χ0n) is 8.22. The van der Waals surface area contributed by atoms with Crippen LogP contribution >= 0.6 is 0 Å². The predicted molar refractivity (Wildman–Crippen MR) is 46.8 cm³/mol. The molecule has 1 aromatic heterocycles. The fourth-order valence-electron chi connectivity index (χ4n) is 1.37. The maximum absolute atomic E-state index is 13.3. The summed E-state index contributed by atoms with van der Waals surface area (Å²) in [5, 5.41) is 0. The van der Waals surface area contributed by atoms with E-state index in [1.807, 2.05) is 0 Å². The largest absolute Gasteiger partial charge is 0.248 e. The molecule has 6 heteroatoms. The molecule has 0 aliphatic heterocycles. The Balaban J connectivity index is 2.73. The molecule has 1 heterocycles. The first-order valence-electron chi connectivity index (χ1n) is 4.37. The summed E-state index contributed by atoms with van der Waals surface area (Å²) in [7, 11) is 1.61. The van der Waals surface area contributed by atoms with Gasteiger partial charge in [0.1, 0.15) is 12.4 Å². The second kappa shape index (κ2) is 3.62. The van der Waals surface area contributed by atoms with Crippen LogP contribution in [0.5, 0.6) is 0 Å². The standard InChI is InChI=1S/C10H7F4N2/c1-15-2-3-16(5-15)10-8(13)6(11)4-7(12)9(10)14/h2-5H,1H3/q+1. The number of hydrogen-bond donors (Lipinski definition) is 0. The van der Waals surface area contributed by atoms with E-state index in [1.165, 1.54) is 23.3 Å². The Hall–Kier alpha value is -1.85. The minimum Gasteiger partial charge on any atom is -0.239 e. The predicted octanol–water partition coefficient (Wildman–Crippen LogP) is 1.86. The number of aromatic nitrogens is 2. The van der Waals surface area contributed by atoms with E-state index < -0.39 is 29.0 Å². The van der Waals surface area contributed by atoms with Crippen molar-refractivity contribution in [3.8, 4) is 5.69 Å². The van der Waals surface area contributed by atoms with E-state index in [1.54, 1.807) is 7.05 Å². The number of rotatable bonds is 1. The third-order valence-electron chi connectivity index (χ3n) is 2.12. The molecule has 0 aliphatic carbocycles. The van der Waals surface area contributed by atoms with Gasteiger partial charge in [0.05, 0.1) is 7.05 Å². The molecule has 2 aromatic rings. The molecule has 16 heavy (non-hydrogen) atoms. The molecule has 0 atom stereocenters. The maximum Gasteiger partial charge on any atom is 0.248 e. The average Bonchev–Trinajstić information content (AvgIpc) is 2.62. The molecule has 0 saturated carbocycles. The van der Waals surface area contributed by atoms with Crippen molar-refractivity contribution < 1.29 is 22.1 Å². The van der Waals surface area contributed by atoms with Crippen LogP contribution in [0.2, 0.25) is 0 Å². The lowest BCUT2D eigenvalue weighted by Crippen LogP contribution is -2.23. The first-order valence-corrected chi connectivity index (χ1v) is 4.37. The smallest absolute Gasteiger partial charge is 0.239 e. The van der Waals surface area contributed by atoms with E-state index in [4.69, 9.17) is 0 Å². The Morgan fingerprint density at radius 2 is 1.62 bits per heavy atom. The Morgan fingerprint density at radius 1 is 1.06 bits per heavy atom. The van der Waals surface area contributed by atoms with Gasteiger partial charge in [0, 0.05) is 6.07 Å². The van der Waals surface area contributed by atoms with Gasteiger partial charge in [-0.25, -0.2) is 13.3 Å². The fourth-order valence-corrected chi connectivity index (χ4v) is 1.37. The lowest BCUT2D eigenvalue weighted by Gasteiger charge is -2.02. The number of halogens is 4. The second-order valence-electron chi connectivity index (χ2n) is 3.30. The molecule has 0 N–H and O–H groups in total. The van der Waals surface area contributed by atoms with Crippen LogP contribution in [0.4, 0.5) is 17.6 Å². The summed E-state index contributed by atoms with van der Waals surface area (Å²) >= 11 is 0. The molecule has 0 saturated heterocycles. The van der Waals surface area contributed by atoms with Crippen molar-refractivity contribution in [3.63, 3.8) is 0 Å². The van der Waals surface area contributed by atoms with E-state index in [2.05, 4.69) is 0 Å². The highest BCUT2D eigenvalue weighted by Crippen LogP contribution is 2.22. The third-order valence-corrected chi connectivity index (χ3v) is 2.12. The monoisotopic (exact) mass is 231 g/mol. The highest BCUT2D eigenvalue weighted by molar-refractivity contribution is 5.36. The summed E-state index contributed by atoms with van der Waals surface area (Å²) < 4.78 is 54.9. The SMILES string of the molecule is C[n+]1ccn(-c2c(F)c(F)cc(F)c2F)c1. The Bertz CT molecular complexity index is 522. The summed E-state index contributed by atoms with van der Waals surface area (Å²) in [6, 6.07) is 0.178. The molecule has 0 radical (unpaired) electrons. The summed E-state index contributed by atoms with van der Waals surface area (Å²) in [6.45, 7) is 0. The number of imidazole rings is 1. The van der Waals surface area contributed by atoms with Crippen LogP contribution in [-0.2, 0) is 7.05 Å². The van der Waals surface area contributed by atoms with Crippen molar-refractivity contribution in [1.29, 1.82) is 0 Å². The molecule has 0 aliphatic rings. The zero-order valence-corrected chi connectivity index (χ0v) is 8.22. The summed E-state index contributed by atoms with van der Waals surface area (Å²) in [5.41, 5.74) is -0.766. The van der Waals surface area contributed by atoms with Crippen LogP contribution in [0.1, 0.15) is 0 Å². The molecule has 0 bridgehead atoms. The quantitative estimate of drug-likeness (QED) is 0.402. The summed E-state index contributed by atoms with van der Waals surface area (Å²) in [4.78, 5) is 0. The van der Waals surface area contributed by atoms with Crippen LogP contribution in [0.15, 0.2) is 24.8 Å². The van der Waals surface area contributed by atoms with Crippen LogP contribution in [0, 0.1) is 23.3 Å². The van der Waals surface area contributed by atoms with Gasteiger partial charge >= 0.3 is 0 Å². The van der Waals surface area contributed by atoms with Crippen LogP contribution in [0.3, 0.4) is 0 Å². The molecule has 2 rings (SSSR count). The molecular formula is C10H7F4N2+. The molecule has 2 nitrogen and oxygen atoms in total. The van der Waals surface area contributed by atoms with Gasteiger partial charge < -0.3 is 0 Å². The fraction of sp³-hybridized carbons (Fsp3) is 0.100. The molecule has 0 amide bonds. The van der Waals surface area contributed by atoms with Crippen molar-refractivity contribution in [2.75, 3.05) is 0 Å². The molecule has 0 fully saturated rings. The molecule has 0 spiro atoms. The Kier molecular flexibility index (Phi) is 2.41. The van der Waals surface area contributed by atoms with E-state index in [9.17, 15) is 17.6 Å². The first-order chi connectivity index (χ1) is 7.50. The molecule has 0 unspecified atom stereocenters. The van der Waals surface area contributed by atoms with Crippen LogP contribution < -0.4 is 4.57 Å². The molecule has 84 valence electrons. The van der Waals surface area contributed by atoms with Gasteiger partial charge in [-0.3, -0.25) is 0 Å². The van der Waals surface area contributed by atoms with E-state index in [0.29, 0.717) is 0 Å². The second-order valence-corrected chi connectivity index (χ2v) is 3.30. The number of aryl methyl sites for hydroxylation is 1. The van der Waals surface area contributed by atoms with Crippen molar-refractivity contribution in [3.05, 3.63) is 48.1 Å². The van der Waals surface area contributed by atoms with Gasteiger partial charge in [-0.1, -0.05) is 0 Å². The van der Waals surface area contributed by atoms with E-state index >= 15 is 0 Å². The van der Waals surface area contributed by atoms with Crippen molar-refractivity contribution >= 4 is 0 Å². The number of nitrogens with zero attached hydrogens (tertiary/aromatic N) is 2. The number of benzene rings is 1. The van der Waals surface area contributed by atoms with Gasteiger partial charge in [0.15, 0.2) is 11.6 Å².